The van der Waals surface area contributed by atoms with Gasteiger partial charge in [0.25, 0.3) is 0 Å². The van der Waals surface area contributed by atoms with Gasteiger partial charge in [-0.25, -0.2) is 0 Å². The fourth-order valence-corrected chi connectivity index (χ4v) is 2.99. The Kier molecular flexibility index (Phi) is 3.50. The van der Waals surface area contributed by atoms with Crippen molar-refractivity contribution in [3.63, 3.8) is 0 Å². The summed E-state index contributed by atoms with van der Waals surface area (Å²) in [7, 11) is 0. The average molecular weight is 263 g/mol. The number of piperidine rings is 1. The Labute approximate surface area is 113 Å². The summed E-state index contributed by atoms with van der Waals surface area (Å²) in [6.07, 6.45) is 4.43. The van der Waals surface area contributed by atoms with Crippen LogP contribution in [-0.2, 0) is 17.8 Å². The van der Waals surface area contributed by atoms with Crippen molar-refractivity contribution in [1.82, 2.24) is 25.0 Å². The second-order valence-corrected chi connectivity index (χ2v) is 5.38. The van der Waals surface area contributed by atoms with Crippen molar-refractivity contribution in [2.75, 3.05) is 19.6 Å². The topological polar surface area (TPSA) is 63.1 Å². The van der Waals surface area contributed by atoms with Crippen LogP contribution in [0.4, 0.5) is 0 Å². The van der Waals surface area contributed by atoms with Gasteiger partial charge in [-0.2, -0.15) is 0 Å². The molecule has 0 aromatic carbocycles. The van der Waals surface area contributed by atoms with Crippen LogP contribution >= 0.6 is 0 Å². The Balaban J connectivity index is 1.79. The molecule has 6 nitrogen and oxygen atoms in total. The molecule has 104 valence electrons. The lowest BCUT2D eigenvalue weighted by Gasteiger charge is -2.23. The molecule has 0 aliphatic carbocycles. The number of hydrogen-bond acceptors (Lipinski definition) is 4. The van der Waals surface area contributed by atoms with Crippen molar-refractivity contribution in [3.05, 3.63) is 11.6 Å². The number of fused-ring (bicyclic) bond motifs is 1. The molecule has 0 radical (unpaired) electrons. The van der Waals surface area contributed by atoms with Gasteiger partial charge in [-0.05, 0) is 19.4 Å². The summed E-state index contributed by atoms with van der Waals surface area (Å²) in [6.45, 7) is 5.03. The summed E-state index contributed by atoms with van der Waals surface area (Å²) in [6, 6.07) is 0.332. The first kappa shape index (κ1) is 12.6. The largest absolute Gasteiger partial charge is 0.341 e. The molecular formula is C13H21N5O. The van der Waals surface area contributed by atoms with Gasteiger partial charge < -0.3 is 14.8 Å². The number of aromatic nitrogens is 3. The zero-order chi connectivity index (χ0) is 13.2. The second kappa shape index (κ2) is 5.28. The Morgan fingerprint density at radius 3 is 2.89 bits per heavy atom. The molecule has 0 saturated carbocycles. The number of rotatable bonds is 1. The van der Waals surface area contributed by atoms with Crippen molar-refractivity contribution in [3.8, 4) is 0 Å². The summed E-state index contributed by atoms with van der Waals surface area (Å²) >= 11 is 0. The third-order valence-corrected chi connectivity index (χ3v) is 4.12. The minimum atomic E-state index is 0.149. The fourth-order valence-electron chi connectivity index (χ4n) is 2.99. The molecular weight excluding hydrogens is 242 g/mol. The van der Waals surface area contributed by atoms with E-state index in [4.69, 9.17) is 0 Å². The van der Waals surface area contributed by atoms with Crippen molar-refractivity contribution >= 4 is 5.91 Å². The van der Waals surface area contributed by atoms with Crippen molar-refractivity contribution in [2.45, 2.75) is 45.2 Å². The maximum atomic E-state index is 11.5. The van der Waals surface area contributed by atoms with Crippen LogP contribution in [0.25, 0.3) is 0 Å². The molecule has 1 aromatic rings. The first-order chi connectivity index (χ1) is 9.25. The summed E-state index contributed by atoms with van der Waals surface area (Å²) in [4.78, 5) is 13.4. The van der Waals surface area contributed by atoms with Gasteiger partial charge in [0.05, 0.1) is 6.04 Å². The molecule has 1 atom stereocenters. The van der Waals surface area contributed by atoms with E-state index in [0.29, 0.717) is 6.04 Å². The zero-order valence-corrected chi connectivity index (χ0v) is 11.4. The van der Waals surface area contributed by atoms with Gasteiger partial charge in [-0.15, -0.1) is 10.2 Å². The van der Waals surface area contributed by atoms with Gasteiger partial charge in [0, 0.05) is 33.0 Å². The van der Waals surface area contributed by atoms with Crippen LogP contribution in [0.1, 0.15) is 43.9 Å². The van der Waals surface area contributed by atoms with Crippen LogP contribution in [0.3, 0.4) is 0 Å². The SMILES string of the molecule is CC(=O)N1CCc2nnc([C@@H]3CCCCN3)n2CC1. The van der Waals surface area contributed by atoms with Crippen molar-refractivity contribution in [1.29, 1.82) is 0 Å². The summed E-state index contributed by atoms with van der Waals surface area (Å²) in [5, 5.41) is 12.2. The molecule has 1 fully saturated rings. The minimum absolute atomic E-state index is 0.149. The van der Waals surface area contributed by atoms with Gasteiger partial charge in [0.1, 0.15) is 11.6 Å². The first-order valence-corrected chi connectivity index (χ1v) is 7.16. The van der Waals surface area contributed by atoms with Crippen LogP contribution in [-0.4, -0.2) is 45.2 Å². The first-order valence-electron chi connectivity index (χ1n) is 7.16. The van der Waals surface area contributed by atoms with E-state index < -0.39 is 0 Å². The zero-order valence-electron chi connectivity index (χ0n) is 11.4. The number of nitrogens with zero attached hydrogens (tertiary/aromatic N) is 4. The van der Waals surface area contributed by atoms with Crippen molar-refractivity contribution < 1.29 is 4.79 Å². The smallest absolute Gasteiger partial charge is 0.219 e. The third-order valence-electron chi connectivity index (χ3n) is 4.12. The van der Waals surface area contributed by atoms with E-state index in [-0.39, 0.29) is 5.91 Å². The van der Waals surface area contributed by atoms with Crippen LogP contribution in [0.15, 0.2) is 0 Å². The molecule has 0 bridgehead atoms. The van der Waals surface area contributed by atoms with E-state index in [1.807, 2.05) is 4.90 Å². The maximum absolute atomic E-state index is 11.5. The molecule has 1 amide bonds. The van der Waals surface area contributed by atoms with Gasteiger partial charge >= 0.3 is 0 Å². The monoisotopic (exact) mass is 263 g/mol. The molecule has 2 aliphatic rings. The molecule has 3 rings (SSSR count). The highest BCUT2D eigenvalue weighted by molar-refractivity contribution is 5.73. The van der Waals surface area contributed by atoms with Gasteiger partial charge in [-0.1, -0.05) is 6.42 Å². The fraction of sp³-hybridized carbons (Fsp3) is 0.769. The Bertz CT molecular complexity index is 464. The van der Waals surface area contributed by atoms with Crippen LogP contribution in [0.2, 0.25) is 0 Å². The van der Waals surface area contributed by atoms with E-state index in [9.17, 15) is 4.79 Å². The molecule has 2 aliphatic heterocycles. The molecule has 0 spiro atoms. The van der Waals surface area contributed by atoms with E-state index in [1.54, 1.807) is 6.92 Å². The number of hydrogen-bond donors (Lipinski definition) is 1. The minimum Gasteiger partial charge on any atom is -0.341 e. The quantitative estimate of drug-likeness (QED) is 0.801. The highest BCUT2D eigenvalue weighted by atomic mass is 16.2. The Morgan fingerprint density at radius 2 is 2.16 bits per heavy atom. The lowest BCUT2D eigenvalue weighted by molar-refractivity contribution is -0.128. The molecule has 19 heavy (non-hydrogen) atoms. The molecule has 0 unspecified atom stereocenters. The number of nitrogens with one attached hydrogen (secondary N) is 1. The summed E-state index contributed by atoms with van der Waals surface area (Å²) < 4.78 is 2.21. The van der Waals surface area contributed by atoms with E-state index >= 15 is 0 Å². The van der Waals surface area contributed by atoms with E-state index in [0.717, 1.165) is 50.7 Å². The normalized spacial score (nSPS) is 23.8. The third kappa shape index (κ3) is 2.49. The number of amides is 1. The lowest BCUT2D eigenvalue weighted by atomic mass is 10.0. The molecule has 1 saturated heterocycles. The predicted molar refractivity (Wildman–Crippen MR) is 70.6 cm³/mol. The van der Waals surface area contributed by atoms with Crippen LogP contribution < -0.4 is 5.32 Å². The van der Waals surface area contributed by atoms with Gasteiger partial charge in [0.15, 0.2) is 0 Å². The number of carbonyl (C=O) groups excluding carboxylic acids is 1. The highest BCUT2D eigenvalue weighted by Crippen LogP contribution is 2.23. The van der Waals surface area contributed by atoms with Crippen molar-refractivity contribution in [2.24, 2.45) is 0 Å². The average Bonchev–Trinajstić information content (AvgIpc) is 2.71. The highest BCUT2D eigenvalue weighted by Gasteiger charge is 2.25. The molecule has 6 heteroatoms. The molecule has 3 heterocycles. The predicted octanol–water partition coefficient (Wildman–Crippen LogP) is 0.497. The molecule has 1 aromatic heterocycles. The second-order valence-electron chi connectivity index (χ2n) is 5.38. The number of carbonyl (C=O) groups is 1. The van der Waals surface area contributed by atoms with Crippen LogP contribution in [0.5, 0.6) is 0 Å². The lowest BCUT2D eigenvalue weighted by Crippen LogP contribution is -2.32. The Hall–Kier alpha value is -1.43. The standard InChI is InChI=1S/C13H21N5O/c1-10(19)17-7-5-12-15-16-13(18(12)9-8-17)11-4-2-3-6-14-11/h11,14H,2-9H2,1H3/t11-/m0/s1. The maximum Gasteiger partial charge on any atom is 0.219 e. The van der Waals surface area contributed by atoms with E-state index in [2.05, 4.69) is 20.1 Å². The summed E-state index contributed by atoms with van der Waals surface area (Å²) in [5.41, 5.74) is 0. The summed E-state index contributed by atoms with van der Waals surface area (Å²) in [5.74, 6) is 2.22. The van der Waals surface area contributed by atoms with E-state index in [1.165, 1.54) is 12.8 Å². The van der Waals surface area contributed by atoms with Crippen LogP contribution in [0, 0.1) is 0 Å². The van der Waals surface area contributed by atoms with Gasteiger partial charge in [-0.3, -0.25) is 4.79 Å². The Morgan fingerprint density at radius 1 is 1.26 bits per heavy atom. The molecule has 1 N–H and O–H groups in total. The van der Waals surface area contributed by atoms with Gasteiger partial charge in [0.2, 0.25) is 5.91 Å².